The number of carbonyl (C=O) groups is 1. The van der Waals surface area contributed by atoms with Crippen LogP contribution in [0.5, 0.6) is 0 Å². The second kappa shape index (κ2) is 8.29. The topological polar surface area (TPSA) is 47.6 Å². The summed E-state index contributed by atoms with van der Waals surface area (Å²) in [6.07, 6.45) is 4.92. The van der Waals surface area contributed by atoms with Crippen molar-refractivity contribution in [3.8, 4) is 0 Å². The summed E-state index contributed by atoms with van der Waals surface area (Å²) in [6.45, 7) is 8.72. The van der Waals surface area contributed by atoms with Gasteiger partial charge in [0.2, 0.25) is 0 Å². The Bertz CT molecular complexity index is 643. The van der Waals surface area contributed by atoms with Gasteiger partial charge >= 0.3 is 0 Å². The molecule has 1 aliphatic carbocycles. The molecule has 2 N–H and O–H groups in total. The lowest BCUT2D eigenvalue weighted by Gasteiger charge is -2.34. The van der Waals surface area contributed by atoms with E-state index in [0.29, 0.717) is 11.3 Å². The summed E-state index contributed by atoms with van der Waals surface area (Å²) in [5.74, 6) is 0.628. The van der Waals surface area contributed by atoms with Crippen LogP contribution in [0.3, 0.4) is 0 Å². The van der Waals surface area contributed by atoms with Crippen LogP contribution in [0.2, 0.25) is 0 Å². The number of nitrogens with zero attached hydrogens (tertiary/aromatic N) is 2. The Labute approximate surface area is 163 Å². The predicted octanol–water partition coefficient (Wildman–Crippen LogP) is 1.91. The second-order valence-corrected chi connectivity index (χ2v) is 8.93. The first-order chi connectivity index (χ1) is 13.1. The van der Waals surface area contributed by atoms with Gasteiger partial charge in [0.25, 0.3) is 5.91 Å². The highest BCUT2D eigenvalue weighted by Gasteiger charge is 2.44. The molecule has 1 amide bonds. The van der Waals surface area contributed by atoms with E-state index >= 15 is 0 Å². The van der Waals surface area contributed by atoms with Gasteiger partial charge in [-0.3, -0.25) is 4.79 Å². The number of carbonyl (C=O) groups excluding carboxylic acids is 1. The number of amides is 1. The molecule has 1 atom stereocenters. The van der Waals surface area contributed by atoms with E-state index in [1.54, 1.807) is 0 Å². The molecule has 0 bridgehead atoms. The molecule has 0 spiro atoms. The molecular weight excluding hydrogens is 336 g/mol. The average Bonchev–Trinajstić information content (AvgIpc) is 3.48. The number of nitrogens with one attached hydrogen (secondary N) is 2. The molecule has 5 nitrogen and oxygen atoms in total. The number of likely N-dealkylation sites (N-methyl/N-ethyl adjacent to an activating group) is 1. The van der Waals surface area contributed by atoms with Crippen molar-refractivity contribution in [1.29, 1.82) is 0 Å². The van der Waals surface area contributed by atoms with E-state index in [0.717, 1.165) is 57.9 Å². The molecule has 5 heteroatoms. The molecular formula is C22H34N4O. The van der Waals surface area contributed by atoms with Crippen LogP contribution in [0.4, 0.5) is 0 Å². The molecule has 4 rings (SSSR count). The molecule has 3 aliphatic rings. The fourth-order valence-electron chi connectivity index (χ4n) is 4.49. The zero-order valence-electron chi connectivity index (χ0n) is 16.7. The largest absolute Gasteiger partial charge is 0.351 e. The lowest BCUT2D eigenvalue weighted by Crippen LogP contribution is -2.47. The van der Waals surface area contributed by atoms with E-state index < -0.39 is 0 Å². The van der Waals surface area contributed by atoms with Gasteiger partial charge in [-0.2, -0.15) is 0 Å². The molecule has 27 heavy (non-hydrogen) atoms. The zero-order valence-corrected chi connectivity index (χ0v) is 16.7. The summed E-state index contributed by atoms with van der Waals surface area (Å²) in [4.78, 5) is 17.7. The van der Waals surface area contributed by atoms with Crippen LogP contribution in [0.15, 0.2) is 24.3 Å². The maximum absolute atomic E-state index is 12.7. The first kappa shape index (κ1) is 18.9. The minimum atomic E-state index is 0.0882. The third-order valence-corrected chi connectivity index (χ3v) is 6.65. The summed E-state index contributed by atoms with van der Waals surface area (Å²) < 4.78 is 0. The van der Waals surface area contributed by atoms with Crippen molar-refractivity contribution < 1.29 is 4.79 Å². The summed E-state index contributed by atoms with van der Waals surface area (Å²) >= 11 is 0. The van der Waals surface area contributed by atoms with Crippen LogP contribution in [0, 0.1) is 5.41 Å². The van der Waals surface area contributed by atoms with Gasteiger partial charge in [0.1, 0.15) is 0 Å². The van der Waals surface area contributed by atoms with E-state index in [4.69, 9.17) is 0 Å². The predicted molar refractivity (Wildman–Crippen MR) is 109 cm³/mol. The van der Waals surface area contributed by atoms with Crippen molar-refractivity contribution in [3.05, 3.63) is 35.4 Å². The molecule has 1 unspecified atom stereocenters. The van der Waals surface area contributed by atoms with E-state index in [1.165, 1.54) is 31.2 Å². The van der Waals surface area contributed by atoms with Crippen molar-refractivity contribution in [2.24, 2.45) is 5.41 Å². The van der Waals surface area contributed by atoms with Crippen molar-refractivity contribution >= 4 is 5.91 Å². The van der Waals surface area contributed by atoms with Crippen molar-refractivity contribution in [2.75, 3.05) is 59.4 Å². The molecule has 0 radical (unpaired) electrons. The number of rotatable bonds is 6. The lowest BCUT2D eigenvalue weighted by atomic mass is 9.90. The van der Waals surface area contributed by atoms with Gasteiger partial charge < -0.3 is 20.4 Å². The molecule has 2 aliphatic heterocycles. The Morgan fingerprint density at radius 3 is 2.78 bits per heavy atom. The highest BCUT2D eigenvalue weighted by Crippen LogP contribution is 2.45. The average molecular weight is 371 g/mol. The van der Waals surface area contributed by atoms with E-state index in [2.05, 4.69) is 39.6 Å². The third kappa shape index (κ3) is 4.89. The van der Waals surface area contributed by atoms with Gasteiger partial charge in [-0.1, -0.05) is 12.1 Å². The Morgan fingerprint density at radius 1 is 1.26 bits per heavy atom. The Hall–Kier alpha value is -1.43. The number of benzene rings is 1. The Balaban J connectivity index is 1.30. The maximum Gasteiger partial charge on any atom is 0.251 e. The first-order valence-corrected chi connectivity index (χ1v) is 10.6. The second-order valence-electron chi connectivity index (χ2n) is 8.93. The minimum Gasteiger partial charge on any atom is -0.351 e. The zero-order chi connectivity index (χ0) is 18.7. The molecule has 3 fully saturated rings. The third-order valence-electron chi connectivity index (χ3n) is 6.65. The summed E-state index contributed by atoms with van der Waals surface area (Å²) in [7, 11) is 2.20. The van der Waals surface area contributed by atoms with Crippen molar-refractivity contribution in [3.63, 3.8) is 0 Å². The van der Waals surface area contributed by atoms with Crippen LogP contribution < -0.4 is 10.6 Å². The quantitative estimate of drug-likeness (QED) is 0.803. The number of hydrogen-bond donors (Lipinski definition) is 2. The van der Waals surface area contributed by atoms with Gasteiger partial charge in [-0.05, 0) is 62.9 Å². The van der Waals surface area contributed by atoms with Crippen LogP contribution in [0.1, 0.15) is 47.5 Å². The van der Waals surface area contributed by atoms with Crippen LogP contribution >= 0.6 is 0 Å². The molecule has 0 aromatic heterocycles. The SMILES string of the molecule is CN1CCN(CC2(CNC(=O)c3cccc(C4CCCNC4)c3)CC2)CC1. The Morgan fingerprint density at radius 2 is 2.07 bits per heavy atom. The molecule has 1 aromatic rings. The van der Waals surface area contributed by atoms with Crippen molar-refractivity contribution in [1.82, 2.24) is 20.4 Å². The van der Waals surface area contributed by atoms with Gasteiger partial charge in [-0.15, -0.1) is 0 Å². The smallest absolute Gasteiger partial charge is 0.251 e. The van der Waals surface area contributed by atoms with Crippen molar-refractivity contribution in [2.45, 2.75) is 31.6 Å². The minimum absolute atomic E-state index is 0.0882. The molecule has 2 saturated heterocycles. The monoisotopic (exact) mass is 370 g/mol. The molecule has 1 saturated carbocycles. The number of piperidine rings is 1. The highest BCUT2D eigenvalue weighted by molar-refractivity contribution is 5.94. The number of piperazine rings is 1. The van der Waals surface area contributed by atoms with E-state index in [-0.39, 0.29) is 5.91 Å². The normalized spacial score (nSPS) is 25.9. The molecule has 148 valence electrons. The fourth-order valence-corrected chi connectivity index (χ4v) is 4.49. The Kier molecular flexibility index (Phi) is 5.81. The van der Waals surface area contributed by atoms with Gasteiger partial charge in [0.15, 0.2) is 0 Å². The summed E-state index contributed by atoms with van der Waals surface area (Å²) in [5.41, 5.74) is 2.43. The summed E-state index contributed by atoms with van der Waals surface area (Å²) in [6, 6.07) is 8.27. The maximum atomic E-state index is 12.7. The van der Waals surface area contributed by atoms with Crippen LogP contribution in [-0.2, 0) is 0 Å². The first-order valence-electron chi connectivity index (χ1n) is 10.6. The van der Waals surface area contributed by atoms with Gasteiger partial charge in [-0.25, -0.2) is 0 Å². The van der Waals surface area contributed by atoms with Gasteiger partial charge in [0.05, 0.1) is 0 Å². The van der Waals surface area contributed by atoms with Gasteiger partial charge in [0, 0.05) is 56.8 Å². The fraction of sp³-hybridized carbons (Fsp3) is 0.682. The van der Waals surface area contributed by atoms with E-state index in [1.807, 2.05) is 12.1 Å². The van der Waals surface area contributed by atoms with Crippen LogP contribution in [0.25, 0.3) is 0 Å². The van der Waals surface area contributed by atoms with Crippen LogP contribution in [-0.4, -0.2) is 75.1 Å². The highest BCUT2D eigenvalue weighted by atomic mass is 16.1. The molecule has 2 heterocycles. The standard InChI is InChI=1S/C22H34N4O/c1-25-10-12-26(13-11-25)17-22(7-8-22)16-24-21(27)19-5-2-4-18(14-19)20-6-3-9-23-15-20/h2,4-5,14,20,23H,3,6-13,15-17H2,1H3,(H,24,27). The number of hydrogen-bond acceptors (Lipinski definition) is 4. The van der Waals surface area contributed by atoms with E-state index in [9.17, 15) is 4.79 Å². The summed E-state index contributed by atoms with van der Waals surface area (Å²) in [5, 5.41) is 6.71. The lowest BCUT2D eigenvalue weighted by molar-refractivity contribution is 0.0927. The molecule has 1 aromatic carbocycles.